The minimum absolute atomic E-state index is 0.116. The van der Waals surface area contributed by atoms with Gasteiger partial charge in [0.25, 0.3) is 0 Å². The lowest BCUT2D eigenvalue weighted by molar-refractivity contribution is -0.137. The summed E-state index contributed by atoms with van der Waals surface area (Å²) in [6.07, 6.45) is 8.03. The lowest BCUT2D eigenvalue weighted by atomic mass is 9.94. The molecule has 1 unspecified atom stereocenters. The highest BCUT2D eigenvalue weighted by molar-refractivity contribution is 5.89. The highest BCUT2D eigenvalue weighted by atomic mass is 16.2. The van der Waals surface area contributed by atoms with Crippen molar-refractivity contribution in [1.82, 2.24) is 14.7 Å². The molecule has 0 spiro atoms. The number of aryl methyl sites for hydroxylation is 1. The molecule has 30 heavy (non-hydrogen) atoms. The van der Waals surface area contributed by atoms with Crippen LogP contribution >= 0.6 is 0 Å². The number of hydrogen-bond donors (Lipinski definition) is 0. The average molecular weight is 412 g/mol. The fourth-order valence-corrected chi connectivity index (χ4v) is 5.28. The molecule has 0 aliphatic carbocycles. The molecule has 164 valence electrons. The summed E-state index contributed by atoms with van der Waals surface area (Å²) >= 11 is 0. The van der Waals surface area contributed by atoms with Crippen LogP contribution < -0.4 is 0 Å². The molecule has 1 atom stereocenters. The first-order valence-corrected chi connectivity index (χ1v) is 11.9. The first kappa shape index (κ1) is 21.4. The zero-order valence-corrected chi connectivity index (χ0v) is 18.5. The van der Waals surface area contributed by atoms with Gasteiger partial charge in [0.1, 0.15) is 0 Å². The van der Waals surface area contributed by atoms with Crippen LogP contribution in [0.15, 0.2) is 24.3 Å². The number of piperidine rings is 1. The Morgan fingerprint density at radius 2 is 1.63 bits per heavy atom. The minimum atomic E-state index is -0.162. The maximum absolute atomic E-state index is 13.1. The van der Waals surface area contributed by atoms with E-state index in [0.29, 0.717) is 19.5 Å². The molecule has 3 aliphatic heterocycles. The van der Waals surface area contributed by atoms with Gasteiger partial charge in [0.15, 0.2) is 0 Å². The third kappa shape index (κ3) is 5.42. The number of carbonyl (C=O) groups excluding carboxylic acids is 2. The molecule has 0 bridgehead atoms. The van der Waals surface area contributed by atoms with Crippen LogP contribution in [-0.2, 0) is 16.1 Å². The van der Waals surface area contributed by atoms with Gasteiger partial charge in [-0.15, -0.1) is 0 Å². The van der Waals surface area contributed by atoms with E-state index in [2.05, 4.69) is 36.1 Å². The second-order valence-corrected chi connectivity index (χ2v) is 9.64. The summed E-state index contributed by atoms with van der Waals surface area (Å²) in [4.78, 5) is 32.1. The van der Waals surface area contributed by atoms with E-state index in [0.717, 1.165) is 37.4 Å². The lowest BCUT2D eigenvalue weighted by Crippen LogP contribution is -2.44. The Morgan fingerprint density at radius 1 is 0.967 bits per heavy atom. The Bertz CT molecular complexity index is 716. The lowest BCUT2D eigenvalue weighted by Gasteiger charge is -2.35. The van der Waals surface area contributed by atoms with Crippen molar-refractivity contribution in [3.8, 4) is 0 Å². The van der Waals surface area contributed by atoms with E-state index in [4.69, 9.17) is 0 Å². The minimum Gasteiger partial charge on any atom is -0.342 e. The molecule has 1 aromatic carbocycles. The standard InChI is InChI=1S/C25H37N3O2/c1-20-6-8-21(9-7-20)18-28-19-23(16-24(28)29)25(30)27-14-10-22(11-15-27)17-26-12-4-2-3-5-13-26/h6-9,22-23H,2-5,10-19H2,1H3. The van der Waals surface area contributed by atoms with Gasteiger partial charge < -0.3 is 14.7 Å². The van der Waals surface area contributed by atoms with Crippen LogP contribution in [0.5, 0.6) is 0 Å². The zero-order valence-electron chi connectivity index (χ0n) is 18.5. The molecule has 3 saturated heterocycles. The summed E-state index contributed by atoms with van der Waals surface area (Å²) in [5.74, 6) is 0.869. The van der Waals surface area contributed by atoms with E-state index in [-0.39, 0.29) is 17.7 Å². The predicted octanol–water partition coefficient (Wildman–Crippen LogP) is 3.46. The Labute approximate surface area is 181 Å². The molecule has 5 heteroatoms. The molecule has 0 radical (unpaired) electrons. The zero-order chi connectivity index (χ0) is 20.9. The Morgan fingerprint density at radius 3 is 2.30 bits per heavy atom. The molecular formula is C25H37N3O2. The highest BCUT2D eigenvalue weighted by Gasteiger charge is 2.37. The highest BCUT2D eigenvalue weighted by Crippen LogP contribution is 2.26. The first-order chi connectivity index (χ1) is 14.6. The average Bonchev–Trinajstić information content (AvgIpc) is 2.94. The fourth-order valence-electron chi connectivity index (χ4n) is 5.28. The quantitative estimate of drug-likeness (QED) is 0.745. The number of hydrogen-bond acceptors (Lipinski definition) is 3. The first-order valence-electron chi connectivity index (χ1n) is 11.9. The van der Waals surface area contributed by atoms with Crippen molar-refractivity contribution in [2.24, 2.45) is 11.8 Å². The van der Waals surface area contributed by atoms with Gasteiger partial charge in [-0.3, -0.25) is 9.59 Å². The van der Waals surface area contributed by atoms with Crippen molar-refractivity contribution in [3.63, 3.8) is 0 Å². The van der Waals surface area contributed by atoms with Gasteiger partial charge in [0.2, 0.25) is 11.8 Å². The molecule has 0 aromatic heterocycles. The van der Waals surface area contributed by atoms with E-state index < -0.39 is 0 Å². The topological polar surface area (TPSA) is 43.9 Å². The monoisotopic (exact) mass is 411 g/mol. The van der Waals surface area contributed by atoms with Crippen LogP contribution in [0.25, 0.3) is 0 Å². The van der Waals surface area contributed by atoms with Gasteiger partial charge >= 0.3 is 0 Å². The van der Waals surface area contributed by atoms with Crippen LogP contribution in [0.2, 0.25) is 0 Å². The third-order valence-electron chi connectivity index (χ3n) is 7.20. The largest absolute Gasteiger partial charge is 0.342 e. The van der Waals surface area contributed by atoms with Gasteiger partial charge in [-0.25, -0.2) is 0 Å². The summed E-state index contributed by atoms with van der Waals surface area (Å²) in [5, 5.41) is 0. The van der Waals surface area contributed by atoms with Crippen molar-refractivity contribution in [2.75, 3.05) is 39.3 Å². The summed E-state index contributed by atoms with van der Waals surface area (Å²) in [7, 11) is 0. The summed E-state index contributed by atoms with van der Waals surface area (Å²) in [5.41, 5.74) is 2.36. The summed E-state index contributed by atoms with van der Waals surface area (Å²) in [6.45, 7) is 8.67. The Balaban J connectivity index is 1.24. The number of likely N-dealkylation sites (tertiary alicyclic amines) is 3. The normalized spacial score (nSPS) is 24.3. The third-order valence-corrected chi connectivity index (χ3v) is 7.20. The molecule has 5 nitrogen and oxygen atoms in total. The summed E-state index contributed by atoms with van der Waals surface area (Å²) < 4.78 is 0. The molecule has 3 fully saturated rings. The van der Waals surface area contributed by atoms with Gasteiger partial charge in [0, 0.05) is 39.1 Å². The molecule has 3 aliphatic rings. The second kappa shape index (κ2) is 9.95. The van der Waals surface area contributed by atoms with Crippen LogP contribution in [0, 0.1) is 18.8 Å². The van der Waals surface area contributed by atoms with Gasteiger partial charge in [-0.2, -0.15) is 0 Å². The van der Waals surface area contributed by atoms with E-state index in [1.807, 2.05) is 9.80 Å². The van der Waals surface area contributed by atoms with Crippen LogP contribution in [-0.4, -0.2) is 65.8 Å². The van der Waals surface area contributed by atoms with Crippen molar-refractivity contribution in [3.05, 3.63) is 35.4 Å². The van der Waals surface area contributed by atoms with E-state index in [1.165, 1.54) is 50.9 Å². The molecule has 3 heterocycles. The molecule has 4 rings (SSSR count). The number of carbonyl (C=O) groups is 2. The van der Waals surface area contributed by atoms with Crippen LogP contribution in [0.3, 0.4) is 0 Å². The SMILES string of the molecule is Cc1ccc(CN2CC(C(=O)N3CCC(CN4CCCCCC4)CC3)CC2=O)cc1. The maximum atomic E-state index is 13.1. The van der Waals surface area contributed by atoms with E-state index in [1.54, 1.807) is 0 Å². The summed E-state index contributed by atoms with van der Waals surface area (Å²) in [6, 6.07) is 8.31. The van der Waals surface area contributed by atoms with Crippen molar-refractivity contribution < 1.29 is 9.59 Å². The molecule has 0 N–H and O–H groups in total. The van der Waals surface area contributed by atoms with Gasteiger partial charge in [-0.1, -0.05) is 42.7 Å². The molecule has 2 amide bonds. The fraction of sp³-hybridized carbons (Fsp3) is 0.680. The van der Waals surface area contributed by atoms with Gasteiger partial charge in [-0.05, 0) is 57.2 Å². The molecule has 0 saturated carbocycles. The van der Waals surface area contributed by atoms with Gasteiger partial charge in [0.05, 0.1) is 5.92 Å². The van der Waals surface area contributed by atoms with Crippen LogP contribution in [0.1, 0.15) is 56.1 Å². The second-order valence-electron chi connectivity index (χ2n) is 9.64. The van der Waals surface area contributed by atoms with E-state index in [9.17, 15) is 9.59 Å². The number of benzene rings is 1. The maximum Gasteiger partial charge on any atom is 0.227 e. The Hall–Kier alpha value is -1.88. The van der Waals surface area contributed by atoms with Crippen LogP contribution in [0.4, 0.5) is 0 Å². The smallest absolute Gasteiger partial charge is 0.227 e. The van der Waals surface area contributed by atoms with Crippen molar-refractivity contribution >= 4 is 11.8 Å². The Kier molecular flexibility index (Phi) is 7.08. The number of nitrogens with zero attached hydrogens (tertiary/aromatic N) is 3. The predicted molar refractivity (Wildman–Crippen MR) is 119 cm³/mol. The van der Waals surface area contributed by atoms with Crippen molar-refractivity contribution in [1.29, 1.82) is 0 Å². The molecular weight excluding hydrogens is 374 g/mol. The van der Waals surface area contributed by atoms with Crippen molar-refractivity contribution in [2.45, 2.75) is 58.4 Å². The number of amides is 2. The van der Waals surface area contributed by atoms with E-state index >= 15 is 0 Å². The molecule has 1 aromatic rings. The number of rotatable bonds is 5.